The van der Waals surface area contributed by atoms with E-state index in [4.69, 9.17) is 0 Å². The average Bonchev–Trinajstić information content (AvgIpc) is 3.03. The van der Waals surface area contributed by atoms with Crippen molar-refractivity contribution in [3.63, 3.8) is 0 Å². The first-order valence-electron chi connectivity index (χ1n) is 9.36. The molecule has 0 aliphatic carbocycles. The molecule has 1 heterocycles. The number of carbonyl (C=O) groups excluding carboxylic acids is 1. The number of guanidine groups is 1. The third-order valence-corrected chi connectivity index (χ3v) is 5.82. The van der Waals surface area contributed by atoms with Gasteiger partial charge in [-0.3, -0.25) is 4.79 Å². The Morgan fingerprint density at radius 2 is 1.89 bits per heavy atom. The molecule has 1 amide bonds. The van der Waals surface area contributed by atoms with Crippen molar-refractivity contribution >= 4 is 47.6 Å². The number of hydrogen-bond acceptors (Lipinski definition) is 3. The maximum absolute atomic E-state index is 11.7. The largest absolute Gasteiger partial charge is 0.357 e. The average molecular weight is 504 g/mol. The number of benzene rings is 1. The van der Waals surface area contributed by atoms with E-state index in [1.807, 2.05) is 16.7 Å². The lowest BCUT2D eigenvalue weighted by Gasteiger charge is -2.23. The Kier molecular flexibility index (Phi) is 10.5. The third kappa shape index (κ3) is 8.29. The van der Waals surface area contributed by atoms with Crippen LogP contribution in [0.1, 0.15) is 44.7 Å². The Labute approximate surface area is 185 Å². The highest BCUT2D eigenvalue weighted by Gasteiger charge is 2.19. The highest BCUT2D eigenvalue weighted by atomic mass is 127. The van der Waals surface area contributed by atoms with E-state index >= 15 is 0 Å². The molecule has 152 valence electrons. The summed E-state index contributed by atoms with van der Waals surface area (Å²) in [5.74, 6) is 1.12. The van der Waals surface area contributed by atoms with Crippen LogP contribution in [0.5, 0.6) is 0 Å². The lowest BCUT2D eigenvalue weighted by atomic mass is 10.1. The van der Waals surface area contributed by atoms with Crippen molar-refractivity contribution in [2.45, 2.75) is 51.4 Å². The van der Waals surface area contributed by atoms with Gasteiger partial charge in [-0.15, -0.1) is 24.0 Å². The first kappa shape index (κ1) is 24.1. The molecule has 0 atom stereocenters. The van der Waals surface area contributed by atoms with Gasteiger partial charge in [0.1, 0.15) is 0 Å². The number of halogens is 1. The fraction of sp³-hybridized carbons (Fsp3) is 0.600. The summed E-state index contributed by atoms with van der Waals surface area (Å²) in [5.41, 5.74) is 2.35. The van der Waals surface area contributed by atoms with Crippen molar-refractivity contribution in [2.75, 3.05) is 25.9 Å². The number of amides is 1. The molecule has 0 bridgehead atoms. The van der Waals surface area contributed by atoms with Crippen LogP contribution in [0.15, 0.2) is 29.3 Å². The van der Waals surface area contributed by atoms with Gasteiger partial charge in [-0.2, -0.15) is 11.8 Å². The Morgan fingerprint density at radius 3 is 2.44 bits per heavy atom. The molecule has 5 nitrogen and oxygen atoms in total. The summed E-state index contributed by atoms with van der Waals surface area (Å²) < 4.78 is 0.171. The van der Waals surface area contributed by atoms with Gasteiger partial charge in [0.05, 0.1) is 6.54 Å². The molecule has 0 aromatic heterocycles. The van der Waals surface area contributed by atoms with Crippen LogP contribution in [0.4, 0.5) is 0 Å². The zero-order valence-corrected chi connectivity index (χ0v) is 20.0. The molecule has 1 aliphatic heterocycles. The van der Waals surface area contributed by atoms with Gasteiger partial charge in [0.15, 0.2) is 5.96 Å². The van der Waals surface area contributed by atoms with Crippen LogP contribution in [0.25, 0.3) is 0 Å². The molecule has 1 aliphatic rings. The normalized spacial score (nSPS) is 14.9. The van der Waals surface area contributed by atoms with Crippen molar-refractivity contribution in [2.24, 2.45) is 4.99 Å². The summed E-state index contributed by atoms with van der Waals surface area (Å²) in [7, 11) is 0. The van der Waals surface area contributed by atoms with Gasteiger partial charge < -0.3 is 15.5 Å². The molecule has 0 unspecified atom stereocenters. The minimum Gasteiger partial charge on any atom is -0.357 e. The minimum atomic E-state index is 0. The number of carbonyl (C=O) groups is 1. The summed E-state index contributed by atoms with van der Waals surface area (Å²) in [6, 6.07) is 8.42. The van der Waals surface area contributed by atoms with Gasteiger partial charge in [0.2, 0.25) is 5.91 Å². The molecule has 1 aromatic carbocycles. The molecule has 27 heavy (non-hydrogen) atoms. The summed E-state index contributed by atoms with van der Waals surface area (Å²) in [5, 5.41) is 6.72. The van der Waals surface area contributed by atoms with Crippen LogP contribution >= 0.6 is 35.7 Å². The number of thioether (sulfide) groups is 1. The van der Waals surface area contributed by atoms with Crippen LogP contribution in [0, 0.1) is 0 Å². The maximum Gasteiger partial charge on any atom is 0.222 e. The number of hydrogen-bond donors (Lipinski definition) is 2. The molecule has 0 spiro atoms. The first-order valence-corrected chi connectivity index (χ1v) is 10.6. The highest BCUT2D eigenvalue weighted by molar-refractivity contribution is 14.0. The molecular formula is C20H33IN4OS. The lowest BCUT2D eigenvalue weighted by Crippen LogP contribution is -2.43. The van der Waals surface area contributed by atoms with Crippen molar-refractivity contribution in [1.29, 1.82) is 0 Å². The van der Waals surface area contributed by atoms with Crippen molar-refractivity contribution in [3.8, 4) is 0 Å². The van der Waals surface area contributed by atoms with Gasteiger partial charge in [0, 0.05) is 37.3 Å². The van der Waals surface area contributed by atoms with Gasteiger partial charge >= 0.3 is 0 Å². The van der Waals surface area contributed by atoms with E-state index in [9.17, 15) is 4.79 Å². The SMILES string of the molecule is CCNC(=NCc1ccc(CN2CCCC2=O)cc1)NCC(C)(C)SC.I. The van der Waals surface area contributed by atoms with Gasteiger partial charge in [-0.05, 0) is 44.6 Å². The maximum atomic E-state index is 11.7. The van der Waals surface area contributed by atoms with Crippen molar-refractivity contribution in [3.05, 3.63) is 35.4 Å². The molecule has 2 rings (SSSR count). The van der Waals surface area contributed by atoms with E-state index in [1.165, 1.54) is 11.1 Å². The van der Waals surface area contributed by atoms with Crippen LogP contribution in [-0.4, -0.2) is 47.4 Å². The van der Waals surface area contributed by atoms with Crippen molar-refractivity contribution < 1.29 is 4.79 Å². The zero-order chi connectivity index (χ0) is 19.0. The second-order valence-corrected chi connectivity index (χ2v) is 8.76. The summed E-state index contributed by atoms with van der Waals surface area (Å²) in [6.45, 7) is 10.5. The van der Waals surface area contributed by atoms with Gasteiger partial charge in [-0.25, -0.2) is 4.99 Å². The zero-order valence-electron chi connectivity index (χ0n) is 16.9. The van der Waals surface area contributed by atoms with E-state index in [2.05, 4.69) is 66.9 Å². The molecule has 7 heteroatoms. The fourth-order valence-corrected chi connectivity index (χ4v) is 2.94. The van der Waals surface area contributed by atoms with E-state index < -0.39 is 0 Å². The van der Waals surface area contributed by atoms with Crippen molar-refractivity contribution in [1.82, 2.24) is 15.5 Å². The number of aliphatic imine (C=N–C) groups is 1. The standard InChI is InChI=1S/C20H32N4OS.HI/c1-5-21-19(23-15-20(2,3)26-4)22-13-16-8-10-17(11-9-16)14-24-12-6-7-18(24)25;/h8-11H,5-7,12-15H2,1-4H3,(H2,21,22,23);1H. The third-order valence-electron chi connectivity index (χ3n) is 4.57. The predicted molar refractivity (Wildman–Crippen MR) is 127 cm³/mol. The van der Waals surface area contributed by atoms with Crippen LogP contribution in [0.2, 0.25) is 0 Å². The van der Waals surface area contributed by atoms with Crippen LogP contribution in [-0.2, 0) is 17.9 Å². The van der Waals surface area contributed by atoms with Gasteiger partial charge in [0.25, 0.3) is 0 Å². The quantitative estimate of drug-likeness (QED) is 0.323. The highest BCUT2D eigenvalue weighted by Crippen LogP contribution is 2.19. The molecule has 1 aromatic rings. The molecular weight excluding hydrogens is 471 g/mol. The molecule has 2 N–H and O–H groups in total. The monoisotopic (exact) mass is 504 g/mol. The molecule has 0 saturated carbocycles. The van der Waals surface area contributed by atoms with E-state index in [-0.39, 0.29) is 34.6 Å². The van der Waals surface area contributed by atoms with E-state index in [0.717, 1.165) is 38.6 Å². The lowest BCUT2D eigenvalue weighted by molar-refractivity contribution is -0.128. The second kappa shape index (κ2) is 11.8. The number of likely N-dealkylation sites (tertiary alicyclic amines) is 1. The topological polar surface area (TPSA) is 56.7 Å². The van der Waals surface area contributed by atoms with E-state index in [1.54, 1.807) is 0 Å². The number of nitrogens with zero attached hydrogens (tertiary/aromatic N) is 2. The summed E-state index contributed by atoms with van der Waals surface area (Å²) >= 11 is 1.84. The van der Waals surface area contributed by atoms with E-state index in [0.29, 0.717) is 13.0 Å². The Morgan fingerprint density at radius 1 is 1.22 bits per heavy atom. The summed E-state index contributed by atoms with van der Waals surface area (Å²) in [6.07, 6.45) is 3.81. The Hall–Kier alpha value is -0.960. The predicted octanol–water partition coefficient (Wildman–Crippen LogP) is 3.62. The molecule has 1 saturated heterocycles. The molecule has 0 radical (unpaired) electrons. The molecule has 1 fully saturated rings. The number of nitrogens with one attached hydrogen (secondary N) is 2. The first-order chi connectivity index (χ1) is 12.4. The minimum absolute atomic E-state index is 0. The Balaban J connectivity index is 0.00000364. The smallest absolute Gasteiger partial charge is 0.222 e. The summed E-state index contributed by atoms with van der Waals surface area (Å²) in [4.78, 5) is 18.4. The number of rotatable bonds is 8. The second-order valence-electron chi connectivity index (χ2n) is 7.25. The van der Waals surface area contributed by atoms with Crippen LogP contribution in [0.3, 0.4) is 0 Å². The Bertz CT molecular complexity index is 619. The van der Waals surface area contributed by atoms with Crippen LogP contribution < -0.4 is 10.6 Å². The van der Waals surface area contributed by atoms with Gasteiger partial charge in [-0.1, -0.05) is 24.3 Å². The fourth-order valence-electron chi connectivity index (χ4n) is 2.72.